The molecule has 0 spiro atoms. The second-order valence-corrected chi connectivity index (χ2v) is 18.9. The Morgan fingerprint density at radius 3 is 0.966 bits per heavy atom. The predicted molar refractivity (Wildman–Crippen MR) is 252 cm³/mol. The highest BCUT2D eigenvalue weighted by molar-refractivity contribution is 5.71. The zero-order valence-corrected chi connectivity index (χ0v) is 40.4. The van der Waals surface area contributed by atoms with Crippen molar-refractivity contribution in [2.75, 3.05) is 13.2 Å². The van der Waals surface area contributed by atoms with Gasteiger partial charge in [-0.05, 0) is 31.1 Å². The highest BCUT2D eigenvalue weighted by Gasteiger charge is 2.19. The lowest BCUT2D eigenvalue weighted by Gasteiger charge is -2.18. The molecule has 59 heavy (non-hydrogen) atoms. The number of rotatable bonds is 47. The van der Waals surface area contributed by atoms with Crippen LogP contribution in [0.25, 0.3) is 0 Å². The maximum absolute atomic E-state index is 12.7. The number of unbranched alkanes of at least 4 members (excludes halogenated alkanes) is 31. The van der Waals surface area contributed by atoms with Crippen LogP contribution in [0.2, 0.25) is 0 Å². The third-order valence-electron chi connectivity index (χ3n) is 12.3. The van der Waals surface area contributed by atoms with Crippen molar-refractivity contribution in [3.8, 4) is 0 Å². The van der Waals surface area contributed by atoms with Crippen LogP contribution in [0, 0.1) is 11.8 Å². The second-order valence-electron chi connectivity index (χ2n) is 18.9. The van der Waals surface area contributed by atoms with E-state index in [0.29, 0.717) is 19.3 Å². The second kappa shape index (κ2) is 45.9. The molecule has 0 aromatic carbocycles. The molecule has 6 heteroatoms. The monoisotopic (exact) mass is 835 g/mol. The zero-order valence-electron chi connectivity index (χ0n) is 40.4. The fourth-order valence-corrected chi connectivity index (χ4v) is 7.96. The van der Waals surface area contributed by atoms with Gasteiger partial charge in [-0.15, -0.1) is 0 Å². The Hall–Kier alpha value is -1.59. The molecule has 0 aliphatic heterocycles. The molecule has 0 fully saturated rings. The molecule has 0 rings (SSSR count). The van der Waals surface area contributed by atoms with Gasteiger partial charge >= 0.3 is 17.9 Å². The fraction of sp³-hybridized carbons (Fsp3) is 0.943. The molecule has 6 nitrogen and oxygen atoms in total. The van der Waals surface area contributed by atoms with Crippen LogP contribution >= 0.6 is 0 Å². The molecule has 0 saturated carbocycles. The average Bonchev–Trinajstić information content (AvgIpc) is 3.22. The van der Waals surface area contributed by atoms with E-state index in [-0.39, 0.29) is 31.1 Å². The molecular weight excluding hydrogens is 733 g/mol. The normalized spacial score (nSPS) is 12.5. The summed E-state index contributed by atoms with van der Waals surface area (Å²) in [5, 5.41) is 0. The Kier molecular flexibility index (Phi) is 44.7. The van der Waals surface area contributed by atoms with E-state index in [2.05, 4.69) is 34.6 Å². The summed E-state index contributed by atoms with van der Waals surface area (Å²) in [6, 6.07) is 0. The summed E-state index contributed by atoms with van der Waals surface area (Å²) in [7, 11) is 0. The first kappa shape index (κ1) is 57.4. The molecule has 0 bridgehead atoms. The molecule has 0 N–H and O–H groups in total. The molecule has 0 aliphatic carbocycles. The molecule has 0 heterocycles. The van der Waals surface area contributed by atoms with Gasteiger partial charge in [0.1, 0.15) is 13.2 Å². The van der Waals surface area contributed by atoms with Crippen molar-refractivity contribution in [2.45, 2.75) is 298 Å². The molecule has 0 radical (unpaired) electrons. The first-order valence-electron chi connectivity index (χ1n) is 26.3. The van der Waals surface area contributed by atoms with Gasteiger partial charge < -0.3 is 14.2 Å². The summed E-state index contributed by atoms with van der Waals surface area (Å²) in [5.74, 6) is 0.823. The van der Waals surface area contributed by atoms with E-state index in [1.807, 2.05) is 0 Å². The van der Waals surface area contributed by atoms with Gasteiger partial charge in [0.15, 0.2) is 6.10 Å². The average molecular weight is 835 g/mol. The summed E-state index contributed by atoms with van der Waals surface area (Å²) >= 11 is 0. The van der Waals surface area contributed by atoms with Gasteiger partial charge in [-0.25, -0.2) is 0 Å². The van der Waals surface area contributed by atoms with Crippen LogP contribution in [0.3, 0.4) is 0 Å². The van der Waals surface area contributed by atoms with Crippen LogP contribution in [0.5, 0.6) is 0 Å². The number of carbonyl (C=O) groups is 3. The van der Waals surface area contributed by atoms with Crippen LogP contribution < -0.4 is 0 Å². The maximum atomic E-state index is 12.7. The van der Waals surface area contributed by atoms with Crippen molar-refractivity contribution >= 4 is 17.9 Å². The third kappa shape index (κ3) is 45.8. The number of hydrogen-bond acceptors (Lipinski definition) is 6. The SMILES string of the molecule is CCCCCCCCCCCCCCCC(=O)OC[C@@H](COC(=O)CCCCCCCCCCCCCCCCC(C)CC)OC(=O)CCCCCCCCCC(C)C. The summed E-state index contributed by atoms with van der Waals surface area (Å²) in [5.41, 5.74) is 0. The van der Waals surface area contributed by atoms with E-state index in [0.717, 1.165) is 69.6 Å². The topological polar surface area (TPSA) is 78.9 Å². The van der Waals surface area contributed by atoms with Crippen LogP contribution in [0.4, 0.5) is 0 Å². The van der Waals surface area contributed by atoms with E-state index in [1.54, 1.807) is 0 Å². The van der Waals surface area contributed by atoms with Gasteiger partial charge in [-0.2, -0.15) is 0 Å². The molecular formula is C53H102O6. The van der Waals surface area contributed by atoms with E-state index in [4.69, 9.17) is 14.2 Å². The van der Waals surface area contributed by atoms with E-state index >= 15 is 0 Å². The number of hydrogen-bond donors (Lipinski definition) is 0. The molecule has 0 aliphatic rings. The summed E-state index contributed by atoms with van der Waals surface area (Å²) in [6.45, 7) is 11.4. The predicted octanol–water partition coefficient (Wildman–Crippen LogP) is 16.9. The summed E-state index contributed by atoms with van der Waals surface area (Å²) in [4.78, 5) is 37.9. The van der Waals surface area contributed by atoms with E-state index in [9.17, 15) is 14.4 Å². The van der Waals surface area contributed by atoms with Gasteiger partial charge in [0.2, 0.25) is 0 Å². The van der Waals surface area contributed by atoms with Crippen LogP contribution in [0.15, 0.2) is 0 Å². The first-order chi connectivity index (χ1) is 28.8. The quantitative estimate of drug-likeness (QED) is 0.0345. The Morgan fingerprint density at radius 2 is 0.644 bits per heavy atom. The Balaban J connectivity index is 4.25. The number of esters is 3. The van der Waals surface area contributed by atoms with E-state index in [1.165, 1.54) is 180 Å². The lowest BCUT2D eigenvalue weighted by molar-refractivity contribution is -0.167. The van der Waals surface area contributed by atoms with Crippen molar-refractivity contribution in [3.63, 3.8) is 0 Å². The van der Waals surface area contributed by atoms with Gasteiger partial charge in [-0.1, -0.05) is 253 Å². The standard InChI is InChI=1S/C53H102O6/c1-6-8-9-10-11-12-13-16-20-23-28-33-38-43-51(54)57-46-50(59-53(56)45-40-35-30-25-26-31-36-41-48(3)4)47-58-52(55)44-39-34-29-24-21-18-15-14-17-19-22-27-32-37-42-49(5)7-2/h48-50H,6-47H2,1-5H3/t49?,50-/m0/s1. The van der Waals surface area contributed by atoms with Gasteiger partial charge in [-0.3, -0.25) is 14.4 Å². The molecule has 0 aromatic rings. The minimum Gasteiger partial charge on any atom is -0.462 e. The minimum absolute atomic E-state index is 0.0643. The van der Waals surface area contributed by atoms with E-state index < -0.39 is 6.10 Å². The number of ether oxygens (including phenoxy) is 3. The van der Waals surface area contributed by atoms with Gasteiger partial charge in [0.05, 0.1) is 0 Å². The maximum Gasteiger partial charge on any atom is 0.306 e. The lowest BCUT2D eigenvalue weighted by Crippen LogP contribution is -2.30. The van der Waals surface area contributed by atoms with Crippen LogP contribution in [-0.2, 0) is 28.6 Å². The smallest absolute Gasteiger partial charge is 0.306 e. The molecule has 0 aromatic heterocycles. The van der Waals surface area contributed by atoms with Crippen LogP contribution in [0.1, 0.15) is 291 Å². The van der Waals surface area contributed by atoms with Crippen LogP contribution in [-0.4, -0.2) is 37.2 Å². The number of carbonyl (C=O) groups excluding carboxylic acids is 3. The molecule has 1 unspecified atom stereocenters. The Bertz CT molecular complexity index is 902. The van der Waals surface area contributed by atoms with Crippen molar-refractivity contribution in [2.24, 2.45) is 11.8 Å². The highest BCUT2D eigenvalue weighted by Crippen LogP contribution is 2.18. The summed E-state index contributed by atoms with van der Waals surface area (Å²) in [6.07, 6.45) is 46.6. The minimum atomic E-state index is -0.762. The van der Waals surface area contributed by atoms with Gasteiger partial charge in [0.25, 0.3) is 0 Å². The van der Waals surface area contributed by atoms with Crippen molar-refractivity contribution in [1.29, 1.82) is 0 Å². The Labute approximate surface area is 368 Å². The zero-order chi connectivity index (χ0) is 43.3. The third-order valence-corrected chi connectivity index (χ3v) is 12.3. The molecule has 350 valence electrons. The summed E-state index contributed by atoms with van der Waals surface area (Å²) < 4.78 is 16.8. The molecule has 0 amide bonds. The largest absolute Gasteiger partial charge is 0.462 e. The van der Waals surface area contributed by atoms with Crippen molar-refractivity contribution < 1.29 is 28.6 Å². The Morgan fingerprint density at radius 1 is 0.356 bits per heavy atom. The van der Waals surface area contributed by atoms with Crippen molar-refractivity contribution in [3.05, 3.63) is 0 Å². The fourth-order valence-electron chi connectivity index (χ4n) is 7.96. The molecule has 0 saturated heterocycles. The highest BCUT2D eigenvalue weighted by atomic mass is 16.6. The van der Waals surface area contributed by atoms with Crippen molar-refractivity contribution in [1.82, 2.24) is 0 Å². The molecule has 2 atom stereocenters. The lowest BCUT2D eigenvalue weighted by atomic mass is 9.99. The van der Waals surface area contributed by atoms with Gasteiger partial charge in [0, 0.05) is 19.3 Å². The first-order valence-corrected chi connectivity index (χ1v) is 26.3.